The van der Waals surface area contributed by atoms with Gasteiger partial charge >= 0.3 is 0 Å². The molecule has 0 saturated carbocycles. The number of anilines is 2. The van der Waals surface area contributed by atoms with E-state index in [0.29, 0.717) is 17.3 Å². The molecule has 2 aromatic heterocycles. The van der Waals surface area contributed by atoms with E-state index in [4.69, 9.17) is 4.74 Å². The van der Waals surface area contributed by atoms with Crippen molar-refractivity contribution < 1.29 is 9.13 Å². The molecular formula is C20H16FN3OS. The number of nitrogens with zero attached hydrogens (tertiary/aromatic N) is 2. The molecule has 2 aromatic carbocycles. The number of fused-ring (bicyclic) bond motifs is 1. The van der Waals surface area contributed by atoms with Crippen molar-refractivity contribution in [2.45, 2.75) is 6.92 Å². The Hall–Kier alpha value is -2.99. The molecular weight excluding hydrogens is 349 g/mol. The lowest BCUT2D eigenvalue weighted by atomic mass is 10.1. The number of nitrogens with one attached hydrogen (secondary N) is 1. The highest BCUT2D eigenvalue weighted by molar-refractivity contribution is 7.17. The van der Waals surface area contributed by atoms with E-state index in [-0.39, 0.29) is 5.82 Å². The molecule has 0 radical (unpaired) electrons. The second kappa shape index (κ2) is 6.72. The van der Waals surface area contributed by atoms with Crippen molar-refractivity contribution in [3.05, 3.63) is 65.6 Å². The zero-order chi connectivity index (χ0) is 18.1. The van der Waals surface area contributed by atoms with Crippen molar-refractivity contribution in [1.29, 1.82) is 0 Å². The van der Waals surface area contributed by atoms with Crippen molar-refractivity contribution in [2.24, 2.45) is 0 Å². The van der Waals surface area contributed by atoms with E-state index in [1.54, 1.807) is 24.5 Å². The third kappa shape index (κ3) is 3.11. The van der Waals surface area contributed by atoms with Gasteiger partial charge in [-0.05, 0) is 42.8 Å². The van der Waals surface area contributed by atoms with Crippen LogP contribution in [0.15, 0.2) is 53.9 Å². The van der Waals surface area contributed by atoms with Crippen LogP contribution in [-0.4, -0.2) is 17.1 Å². The lowest BCUT2D eigenvalue weighted by Crippen LogP contribution is -1.98. The summed E-state index contributed by atoms with van der Waals surface area (Å²) in [4.78, 5) is 9.99. The van der Waals surface area contributed by atoms with Gasteiger partial charge in [-0.25, -0.2) is 14.4 Å². The van der Waals surface area contributed by atoms with E-state index in [9.17, 15) is 4.39 Å². The van der Waals surface area contributed by atoms with Crippen LogP contribution in [0, 0.1) is 12.7 Å². The Morgan fingerprint density at radius 1 is 1.08 bits per heavy atom. The van der Waals surface area contributed by atoms with Gasteiger partial charge in [0.25, 0.3) is 0 Å². The van der Waals surface area contributed by atoms with Crippen molar-refractivity contribution in [2.75, 3.05) is 12.4 Å². The average molecular weight is 365 g/mol. The van der Waals surface area contributed by atoms with E-state index in [1.165, 1.54) is 12.1 Å². The highest BCUT2D eigenvalue weighted by atomic mass is 32.1. The highest BCUT2D eigenvalue weighted by Crippen LogP contribution is 2.38. The van der Waals surface area contributed by atoms with Crippen LogP contribution in [0.25, 0.3) is 21.3 Å². The van der Waals surface area contributed by atoms with Gasteiger partial charge in [-0.1, -0.05) is 18.2 Å². The summed E-state index contributed by atoms with van der Waals surface area (Å²) < 4.78 is 18.8. The van der Waals surface area contributed by atoms with Gasteiger partial charge in [0.05, 0.1) is 12.5 Å². The number of hydrogen-bond acceptors (Lipinski definition) is 5. The average Bonchev–Trinajstić information content (AvgIpc) is 3.06. The summed E-state index contributed by atoms with van der Waals surface area (Å²) in [6, 6.07) is 14.2. The van der Waals surface area contributed by atoms with Gasteiger partial charge in [0.1, 0.15) is 28.0 Å². The first-order chi connectivity index (χ1) is 12.6. The Morgan fingerprint density at radius 2 is 1.88 bits per heavy atom. The first kappa shape index (κ1) is 16.5. The molecule has 0 saturated heterocycles. The molecule has 26 heavy (non-hydrogen) atoms. The summed E-state index contributed by atoms with van der Waals surface area (Å²) in [5, 5.41) is 6.23. The Morgan fingerprint density at radius 3 is 2.62 bits per heavy atom. The van der Waals surface area contributed by atoms with Gasteiger partial charge in [0.15, 0.2) is 0 Å². The number of methoxy groups -OCH3 is 1. The lowest BCUT2D eigenvalue weighted by Gasteiger charge is -2.10. The Balaban J connectivity index is 1.84. The molecule has 0 aliphatic rings. The number of ether oxygens (including phenoxy) is 1. The number of halogens is 1. The number of thiophene rings is 1. The van der Waals surface area contributed by atoms with Crippen LogP contribution in [-0.2, 0) is 0 Å². The number of aryl methyl sites for hydroxylation is 1. The molecule has 0 aliphatic heterocycles. The molecule has 0 fully saturated rings. The van der Waals surface area contributed by atoms with Crippen LogP contribution in [0.5, 0.6) is 5.75 Å². The van der Waals surface area contributed by atoms with Crippen LogP contribution < -0.4 is 10.1 Å². The Kier molecular flexibility index (Phi) is 4.26. The fourth-order valence-corrected chi connectivity index (χ4v) is 3.82. The molecule has 0 aliphatic carbocycles. The predicted octanol–water partition coefficient (Wildman–Crippen LogP) is 5.56. The molecule has 4 aromatic rings. The van der Waals surface area contributed by atoms with E-state index in [0.717, 1.165) is 27.1 Å². The number of hydrogen-bond donors (Lipinski definition) is 1. The summed E-state index contributed by atoms with van der Waals surface area (Å²) in [5.41, 5.74) is 2.73. The van der Waals surface area contributed by atoms with Gasteiger partial charge < -0.3 is 10.1 Å². The molecule has 6 heteroatoms. The summed E-state index contributed by atoms with van der Waals surface area (Å²) in [6.45, 7) is 1.85. The number of benzene rings is 2. The largest absolute Gasteiger partial charge is 0.497 e. The summed E-state index contributed by atoms with van der Waals surface area (Å²) in [7, 11) is 1.65. The highest BCUT2D eigenvalue weighted by Gasteiger charge is 2.15. The molecule has 0 atom stereocenters. The monoisotopic (exact) mass is 365 g/mol. The maximum Gasteiger partial charge on any atom is 0.143 e. The first-order valence-corrected chi connectivity index (χ1v) is 8.95. The van der Waals surface area contributed by atoms with E-state index in [1.807, 2.05) is 37.3 Å². The molecule has 4 rings (SSSR count). The van der Waals surface area contributed by atoms with Gasteiger partial charge in [-0.3, -0.25) is 0 Å². The third-order valence-corrected chi connectivity index (χ3v) is 4.91. The van der Waals surface area contributed by atoms with Crippen LogP contribution in [0.1, 0.15) is 5.82 Å². The molecule has 0 bridgehead atoms. The molecule has 0 amide bonds. The smallest absolute Gasteiger partial charge is 0.143 e. The molecule has 130 valence electrons. The van der Waals surface area contributed by atoms with Crippen molar-refractivity contribution in [3.8, 4) is 16.9 Å². The fraction of sp³-hybridized carbons (Fsp3) is 0.100. The van der Waals surface area contributed by atoms with Gasteiger partial charge in [-0.15, -0.1) is 11.3 Å². The van der Waals surface area contributed by atoms with Gasteiger partial charge in [0, 0.05) is 16.6 Å². The minimum atomic E-state index is -0.294. The molecule has 4 nitrogen and oxygen atoms in total. The predicted molar refractivity (Wildman–Crippen MR) is 104 cm³/mol. The van der Waals surface area contributed by atoms with Gasteiger partial charge in [0.2, 0.25) is 0 Å². The molecule has 2 heterocycles. The summed E-state index contributed by atoms with van der Waals surface area (Å²) in [6.07, 6.45) is 0. The molecule has 0 spiro atoms. The Bertz CT molecular complexity index is 1080. The Labute approximate surface area is 154 Å². The van der Waals surface area contributed by atoms with Crippen LogP contribution >= 0.6 is 11.3 Å². The third-order valence-electron chi connectivity index (χ3n) is 4.03. The second-order valence-electron chi connectivity index (χ2n) is 5.81. The minimum absolute atomic E-state index is 0.294. The molecule has 0 unspecified atom stereocenters. The van der Waals surface area contributed by atoms with E-state index in [2.05, 4.69) is 20.7 Å². The maximum absolute atomic E-state index is 13.5. The van der Waals surface area contributed by atoms with E-state index < -0.39 is 0 Å². The zero-order valence-corrected chi connectivity index (χ0v) is 15.1. The molecule has 1 N–H and O–H groups in total. The zero-order valence-electron chi connectivity index (χ0n) is 14.3. The first-order valence-electron chi connectivity index (χ1n) is 8.07. The van der Waals surface area contributed by atoms with Gasteiger partial charge in [-0.2, -0.15) is 0 Å². The maximum atomic E-state index is 13.5. The SMILES string of the molecule is COc1ccc(-c2csc3nc(C)nc(Nc4cccc(F)c4)c23)cc1. The number of rotatable bonds is 4. The standard InChI is InChI=1S/C20H16FN3OS/c1-12-22-19(24-15-5-3-4-14(21)10-15)18-17(11-26-20(18)23-12)13-6-8-16(25-2)9-7-13/h3-11H,1-2H3,(H,22,23,24). The lowest BCUT2D eigenvalue weighted by molar-refractivity contribution is 0.415. The van der Waals surface area contributed by atoms with Crippen molar-refractivity contribution in [1.82, 2.24) is 9.97 Å². The van der Waals surface area contributed by atoms with Crippen molar-refractivity contribution >= 4 is 33.1 Å². The van der Waals surface area contributed by atoms with Crippen molar-refractivity contribution in [3.63, 3.8) is 0 Å². The topological polar surface area (TPSA) is 47.0 Å². The normalized spacial score (nSPS) is 10.9. The fourth-order valence-electron chi connectivity index (χ4n) is 2.82. The summed E-state index contributed by atoms with van der Waals surface area (Å²) >= 11 is 1.56. The van der Waals surface area contributed by atoms with Crippen LogP contribution in [0.3, 0.4) is 0 Å². The van der Waals surface area contributed by atoms with E-state index >= 15 is 0 Å². The quantitative estimate of drug-likeness (QED) is 0.514. The van der Waals surface area contributed by atoms with Crippen LogP contribution in [0.4, 0.5) is 15.9 Å². The number of aromatic nitrogens is 2. The minimum Gasteiger partial charge on any atom is -0.497 e. The summed E-state index contributed by atoms with van der Waals surface area (Å²) in [5.74, 6) is 1.85. The second-order valence-corrected chi connectivity index (χ2v) is 6.67. The van der Waals surface area contributed by atoms with Crippen LogP contribution in [0.2, 0.25) is 0 Å².